The molecule has 0 saturated heterocycles. The first-order valence-corrected chi connectivity index (χ1v) is 8.16. The van der Waals surface area contributed by atoms with E-state index in [0.717, 1.165) is 12.1 Å². The molecule has 0 fully saturated rings. The van der Waals surface area contributed by atoms with E-state index in [9.17, 15) is 17.7 Å². The van der Waals surface area contributed by atoms with E-state index in [1.165, 1.54) is 19.9 Å². The number of nitrogens with two attached hydrogens (primary N) is 1. The fraction of sp³-hybridized carbons (Fsp3) is 0.500. The third kappa shape index (κ3) is 4.20. The quantitative estimate of drug-likeness (QED) is 0.766. The van der Waals surface area contributed by atoms with Gasteiger partial charge in [0.15, 0.2) is 0 Å². The molecule has 1 aromatic rings. The fourth-order valence-corrected chi connectivity index (χ4v) is 3.88. The van der Waals surface area contributed by atoms with Crippen molar-refractivity contribution in [1.82, 2.24) is 0 Å². The minimum absolute atomic E-state index is 0.0171. The van der Waals surface area contributed by atoms with E-state index in [1.54, 1.807) is 0 Å². The summed E-state index contributed by atoms with van der Waals surface area (Å²) < 4.78 is 61.7. The zero-order chi connectivity index (χ0) is 16.3. The molecule has 0 unspecified atom stereocenters. The third-order valence-electron chi connectivity index (χ3n) is 2.61. The van der Waals surface area contributed by atoms with E-state index in [-0.39, 0.29) is 18.2 Å². The summed E-state index contributed by atoms with van der Waals surface area (Å²) >= 11 is 5.82. The van der Waals surface area contributed by atoms with Crippen molar-refractivity contribution in [2.24, 2.45) is 5.73 Å². The molecule has 0 bridgehead atoms. The Morgan fingerprint density at radius 1 is 1.29 bits per heavy atom. The second-order valence-corrected chi connectivity index (χ2v) is 6.58. The van der Waals surface area contributed by atoms with Crippen molar-refractivity contribution in [3.63, 3.8) is 0 Å². The standard InChI is InChI=1S/C12H16ClF3NO3P/c1-3-19-21(18,20-4-2)11(17)10-8(12(14,15)16)6-5-7-9(10)13/h5-7,11H,3-4,17H2,1-2H3/t11-/m1/s1. The molecule has 0 aliphatic carbocycles. The lowest BCUT2D eigenvalue weighted by atomic mass is 10.1. The van der Waals surface area contributed by atoms with Crippen LogP contribution in [0.1, 0.15) is 30.8 Å². The average molecular weight is 346 g/mol. The highest BCUT2D eigenvalue weighted by molar-refractivity contribution is 7.54. The van der Waals surface area contributed by atoms with E-state index in [0.29, 0.717) is 0 Å². The van der Waals surface area contributed by atoms with Gasteiger partial charge in [-0.05, 0) is 26.0 Å². The van der Waals surface area contributed by atoms with Crippen molar-refractivity contribution in [2.75, 3.05) is 13.2 Å². The molecule has 0 radical (unpaired) electrons. The highest BCUT2D eigenvalue weighted by atomic mass is 35.5. The van der Waals surface area contributed by atoms with E-state index in [2.05, 4.69) is 0 Å². The summed E-state index contributed by atoms with van der Waals surface area (Å²) in [4.78, 5) is 0. The molecule has 0 aliphatic rings. The fourth-order valence-electron chi connectivity index (χ4n) is 1.80. The summed E-state index contributed by atoms with van der Waals surface area (Å²) in [6.07, 6.45) is -4.68. The van der Waals surface area contributed by atoms with Crippen LogP contribution in [0.5, 0.6) is 0 Å². The molecular formula is C12H16ClF3NO3P. The van der Waals surface area contributed by atoms with Gasteiger partial charge in [0, 0.05) is 10.6 Å². The Kier molecular flexibility index (Phi) is 6.25. The van der Waals surface area contributed by atoms with E-state index >= 15 is 0 Å². The Balaban J connectivity index is 3.41. The Morgan fingerprint density at radius 2 is 1.81 bits per heavy atom. The first-order chi connectivity index (χ1) is 9.67. The molecule has 0 aromatic heterocycles. The predicted octanol–water partition coefficient (Wildman–Crippen LogP) is 4.58. The number of hydrogen-bond acceptors (Lipinski definition) is 4. The van der Waals surface area contributed by atoms with Crippen molar-refractivity contribution in [2.45, 2.75) is 25.8 Å². The highest BCUT2D eigenvalue weighted by Crippen LogP contribution is 2.60. The number of alkyl halides is 3. The molecule has 4 nitrogen and oxygen atoms in total. The third-order valence-corrected chi connectivity index (χ3v) is 5.12. The summed E-state index contributed by atoms with van der Waals surface area (Å²) in [5.41, 5.74) is 4.20. The molecular weight excluding hydrogens is 330 g/mol. The van der Waals surface area contributed by atoms with Gasteiger partial charge in [-0.25, -0.2) is 0 Å². The van der Waals surface area contributed by atoms with Crippen LogP contribution in [0, 0.1) is 0 Å². The molecule has 1 aromatic carbocycles. The average Bonchev–Trinajstić information content (AvgIpc) is 2.37. The summed E-state index contributed by atoms with van der Waals surface area (Å²) in [6.45, 7) is 3.04. The van der Waals surface area contributed by atoms with Crippen molar-refractivity contribution in [3.8, 4) is 0 Å². The van der Waals surface area contributed by atoms with Crippen LogP contribution in [0.2, 0.25) is 5.02 Å². The minimum atomic E-state index is -4.68. The predicted molar refractivity (Wildman–Crippen MR) is 74.2 cm³/mol. The van der Waals surface area contributed by atoms with Crippen LogP contribution in [0.3, 0.4) is 0 Å². The molecule has 0 amide bonds. The lowest BCUT2D eigenvalue weighted by Gasteiger charge is -2.26. The first kappa shape index (κ1) is 18.5. The van der Waals surface area contributed by atoms with Gasteiger partial charge in [0.05, 0.1) is 18.8 Å². The smallest absolute Gasteiger partial charge is 0.314 e. The van der Waals surface area contributed by atoms with E-state index in [1.807, 2.05) is 0 Å². The van der Waals surface area contributed by atoms with Crippen molar-refractivity contribution >= 4 is 19.2 Å². The van der Waals surface area contributed by atoms with Crippen LogP contribution in [0.15, 0.2) is 18.2 Å². The summed E-state index contributed by atoms with van der Waals surface area (Å²) in [5.74, 6) is -1.62. The van der Waals surface area contributed by atoms with Crippen LogP contribution in [0.4, 0.5) is 13.2 Å². The molecule has 0 heterocycles. The maximum absolute atomic E-state index is 13.1. The number of rotatable bonds is 6. The zero-order valence-electron chi connectivity index (χ0n) is 11.5. The lowest BCUT2D eigenvalue weighted by molar-refractivity contribution is -0.138. The number of benzene rings is 1. The Morgan fingerprint density at radius 3 is 2.24 bits per heavy atom. The molecule has 2 N–H and O–H groups in total. The monoisotopic (exact) mass is 345 g/mol. The minimum Gasteiger partial charge on any atom is -0.314 e. The van der Waals surface area contributed by atoms with Crippen LogP contribution < -0.4 is 5.73 Å². The molecule has 1 rings (SSSR count). The Bertz CT molecular complexity index is 529. The van der Waals surface area contributed by atoms with Crippen molar-refractivity contribution < 1.29 is 26.8 Å². The van der Waals surface area contributed by atoms with Crippen LogP contribution >= 0.6 is 19.2 Å². The van der Waals surface area contributed by atoms with E-state index in [4.69, 9.17) is 26.4 Å². The lowest BCUT2D eigenvalue weighted by Crippen LogP contribution is -2.20. The maximum atomic E-state index is 13.1. The van der Waals surface area contributed by atoms with Crippen molar-refractivity contribution in [1.29, 1.82) is 0 Å². The second-order valence-electron chi connectivity index (χ2n) is 4.02. The van der Waals surface area contributed by atoms with Gasteiger partial charge in [-0.2, -0.15) is 13.2 Å². The number of hydrogen-bond donors (Lipinski definition) is 1. The molecule has 0 spiro atoms. The van der Waals surface area contributed by atoms with Gasteiger partial charge in [0.2, 0.25) is 0 Å². The molecule has 21 heavy (non-hydrogen) atoms. The molecule has 9 heteroatoms. The highest BCUT2D eigenvalue weighted by Gasteiger charge is 2.42. The van der Waals surface area contributed by atoms with E-state index < -0.39 is 30.7 Å². The van der Waals surface area contributed by atoms with Crippen LogP contribution in [-0.4, -0.2) is 13.2 Å². The van der Waals surface area contributed by atoms with Crippen LogP contribution in [0.25, 0.3) is 0 Å². The van der Waals surface area contributed by atoms with Gasteiger partial charge < -0.3 is 14.8 Å². The first-order valence-electron chi connectivity index (χ1n) is 6.17. The molecule has 0 aliphatic heterocycles. The van der Waals surface area contributed by atoms with Gasteiger partial charge in [-0.3, -0.25) is 4.57 Å². The SMILES string of the molecule is CCOP(=O)(OCC)[C@@H](N)c1c(Cl)cccc1C(F)(F)F. The van der Waals surface area contributed by atoms with Gasteiger partial charge in [0.25, 0.3) is 0 Å². The van der Waals surface area contributed by atoms with Gasteiger partial charge in [-0.1, -0.05) is 17.7 Å². The normalized spacial score (nSPS) is 14.2. The summed E-state index contributed by atoms with van der Waals surface area (Å²) in [7, 11) is -3.96. The summed E-state index contributed by atoms with van der Waals surface area (Å²) in [6, 6.07) is 3.21. The van der Waals surface area contributed by atoms with Gasteiger partial charge >= 0.3 is 13.8 Å². The van der Waals surface area contributed by atoms with Gasteiger partial charge in [0.1, 0.15) is 5.78 Å². The van der Waals surface area contributed by atoms with Crippen LogP contribution in [-0.2, 0) is 19.8 Å². The summed E-state index contributed by atoms with van der Waals surface area (Å²) in [5, 5.41) is -0.239. The zero-order valence-corrected chi connectivity index (χ0v) is 13.1. The Labute approximate surface area is 125 Å². The van der Waals surface area contributed by atoms with Gasteiger partial charge in [-0.15, -0.1) is 0 Å². The maximum Gasteiger partial charge on any atom is 0.416 e. The second kappa shape index (κ2) is 7.11. The molecule has 0 saturated carbocycles. The largest absolute Gasteiger partial charge is 0.416 e. The Hall–Kier alpha value is -0.590. The van der Waals surface area contributed by atoms with Crippen molar-refractivity contribution in [3.05, 3.63) is 34.3 Å². The topological polar surface area (TPSA) is 61.5 Å². The number of halogens is 4. The molecule has 120 valence electrons. The molecule has 1 atom stereocenters.